The van der Waals surface area contributed by atoms with Crippen LogP contribution in [0, 0.1) is 13.8 Å². The molecule has 5 rings (SSSR count). The fourth-order valence-corrected chi connectivity index (χ4v) is 4.93. The van der Waals surface area contributed by atoms with Crippen LogP contribution in [-0.2, 0) is 6.42 Å². The van der Waals surface area contributed by atoms with Gasteiger partial charge in [-0.3, -0.25) is 0 Å². The molecule has 0 amide bonds. The van der Waals surface area contributed by atoms with Crippen LogP contribution in [0.1, 0.15) is 40.3 Å². The number of fused-ring (bicyclic) bond motifs is 3. The normalized spacial score (nSPS) is 18.8. The molecule has 0 bridgehead atoms. The first-order valence-corrected chi connectivity index (χ1v) is 10.2. The van der Waals surface area contributed by atoms with Crippen molar-refractivity contribution in [1.82, 2.24) is 4.98 Å². The number of nitrogens with one attached hydrogen (secondary N) is 2. The number of rotatable bonds is 3. The quantitative estimate of drug-likeness (QED) is 0.435. The van der Waals surface area contributed by atoms with E-state index in [1.165, 1.54) is 44.5 Å². The molecule has 2 unspecified atom stereocenters. The summed E-state index contributed by atoms with van der Waals surface area (Å²) in [5.41, 5.74) is 9.34. The van der Waals surface area contributed by atoms with Crippen LogP contribution in [0.15, 0.2) is 72.8 Å². The van der Waals surface area contributed by atoms with E-state index in [4.69, 9.17) is 0 Å². The molecule has 0 radical (unpaired) electrons. The molecule has 2 heteroatoms. The zero-order chi connectivity index (χ0) is 19.1. The lowest BCUT2D eigenvalue weighted by Crippen LogP contribution is -2.33. The van der Waals surface area contributed by atoms with E-state index in [0.29, 0.717) is 12.0 Å². The first kappa shape index (κ1) is 17.1. The van der Waals surface area contributed by atoms with Crippen molar-refractivity contribution in [3.05, 3.63) is 101 Å². The fraction of sp³-hybridized carbons (Fsp3) is 0.231. The van der Waals surface area contributed by atoms with Gasteiger partial charge in [-0.25, -0.2) is 0 Å². The Morgan fingerprint density at radius 1 is 0.857 bits per heavy atom. The van der Waals surface area contributed by atoms with Gasteiger partial charge < -0.3 is 10.3 Å². The number of para-hydroxylation sites is 1. The van der Waals surface area contributed by atoms with E-state index in [9.17, 15) is 0 Å². The van der Waals surface area contributed by atoms with E-state index in [1.54, 1.807) is 0 Å². The van der Waals surface area contributed by atoms with Crippen LogP contribution in [-0.4, -0.2) is 11.0 Å². The van der Waals surface area contributed by atoms with E-state index < -0.39 is 0 Å². The minimum absolute atomic E-state index is 0.335. The van der Waals surface area contributed by atoms with E-state index in [0.717, 1.165) is 12.8 Å². The van der Waals surface area contributed by atoms with Crippen molar-refractivity contribution < 1.29 is 0 Å². The molecular formula is C26H26N2. The summed E-state index contributed by atoms with van der Waals surface area (Å²) in [6, 6.07) is 26.8. The van der Waals surface area contributed by atoms with Crippen LogP contribution in [0.4, 0.5) is 5.69 Å². The number of H-pyrrole nitrogens is 1. The van der Waals surface area contributed by atoms with Crippen molar-refractivity contribution in [1.29, 1.82) is 0 Å². The van der Waals surface area contributed by atoms with Gasteiger partial charge in [0.05, 0.1) is 0 Å². The maximum absolute atomic E-state index is 3.89. The summed E-state index contributed by atoms with van der Waals surface area (Å²) >= 11 is 0. The Bertz CT molecular complexity index is 1100. The molecule has 0 saturated heterocycles. The van der Waals surface area contributed by atoms with Gasteiger partial charge in [-0.1, -0.05) is 54.6 Å². The van der Waals surface area contributed by atoms with Crippen molar-refractivity contribution in [2.45, 2.75) is 38.6 Å². The van der Waals surface area contributed by atoms with Crippen molar-refractivity contribution in [2.24, 2.45) is 0 Å². The van der Waals surface area contributed by atoms with Gasteiger partial charge in [0, 0.05) is 34.2 Å². The van der Waals surface area contributed by atoms with Crippen LogP contribution >= 0.6 is 0 Å². The molecule has 1 aromatic heterocycles. The summed E-state index contributed by atoms with van der Waals surface area (Å²) in [7, 11) is 0. The Hall–Kier alpha value is -3.00. The van der Waals surface area contributed by atoms with E-state index in [-0.39, 0.29) is 0 Å². The zero-order valence-electron chi connectivity index (χ0n) is 16.5. The van der Waals surface area contributed by atoms with Crippen molar-refractivity contribution in [2.75, 3.05) is 5.32 Å². The largest absolute Gasteiger partial charge is 0.381 e. The Morgan fingerprint density at radius 3 is 2.36 bits per heavy atom. The molecule has 0 saturated carbocycles. The molecule has 2 atom stereocenters. The number of aromatic nitrogens is 1. The lowest BCUT2D eigenvalue weighted by molar-refractivity contribution is 0.548. The fourth-order valence-electron chi connectivity index (χ4n) is 4.93. The van der Waals surface area contributed by atoms with E-state index in [2.05, 4.69) is 96.9 Å². The van der Waals surface area contributed by atoms with E-state index >= 15 is 0 Å². The summed E-state index contributed by atoms with van der Waals surface area (Å²) in [6.07, 6.45) is 2.20. The van der Waals surface area contributed by atoms with Gasteiger partial charge in [0.2, 0.25) is 0 Å². The molecule has 140 valence electrons. The molecule has 0 aliphatic heterocycles. The van der Waals surface area contributed by atoms with Crippen molar-refractivity contribution >= 4 is 16.6 Å². The molecule has 2 N–H and O–H groups in total. The summed E-state index contributed by atoms with van der Waals surface area (Å²) in [5, 5.41) is 5.25. The average Bonchev–Trinajstić information content (AvgIpc) is 3.06. The minimum atomic E-state index is 0.335. The van der Waals surface area contributed by atoms with Gasteiger partial charge >= 0.3 is 0 Å². The summed E-state index contributed by atoms with van der Waals surface area (Å²) in [6.45, 7) is 4.34. The first-order valence-electron chi connectivity index (χ1n) is 10.2. The smallest absolute Gasteiger partial charge is 0.0459 e. The van der Waals surface area contributed by atoms with Gasteiger partial charge in [-0.05, 0) is 67.1 Å². The topological polar surface area (TPSA) is 27.8 Å². The number of aromatic amines is 1. The lowest BCUT2D eigenvalue weighted by atomic mass is 9.77. The van der Waals surface area contributed by atoms with E-state index in [1.807, 2.05) is 0 Å². The second-order valence-corrected chi connectivity index (χ2v) is 8.12. The summed E-state index contributed by atoms with van der Waals surface area (Å²) in [5.74, 6) is 0.335. The maximum atomic E-state index is 3.89. The highest BCUT2D eigenvalue weighted by Gasteiger charge is 2.33. The third-order valence-corrected chi connectivity index (χ3v) is 5.98. The Labute approximate surface area is 166 Å². The number of hydrogen-bond acceptors (Lipinski definition) is 1. The molecule has 0 spiro atoms. The highest BCUT2D eigenvalue weighted by atomic mass is 14.9. The highest BCUT2D eigenvalue weighted by molar-refractivity contribution is 5.86. The number of benzene rings is 3. The maximum Gasteiger partial charge on any atom is 0.0459 e. The highest BCUT2D eigenvalue weighted by Crippen LogP contribution is 2.42. The molecule has 1 aliphatic carbocycles. The number of anilines is 1. The van der Waals surface area contributed by atoms with Crippen LogP contribution in [0.5, 0.6) is 0 Å². The third kappa shape index (κ3) is 2.99. The van der Waals surface area contributed by atoms with Gasteiger partial charge in [0.15, 0.2) is 0 Å². The van der Waals surface area contributed by atoms with Crippen LogP contribution in [0.3, 0.4) is 0 Å². The molecular weight excluding hydrogens is 340 g/mol. The zero-order valence-corrected chi connectivity index (χ0v) is 16.5. The monoisotopic (exact) mass is 366 g/mol. The number of hydrogen-bond donors (Lipinski definition) is 2. The molecule has 2 nitrogen and oxygen atoms in total. The average molecular weight is 367 g/mol. The molecule has 4 aromatic rings. The second kappa shape index (κ2) is 6.87. The van der Waals surface area contributed by atoms with Crippen molar-refractivity contribution in [3.8, 4) is 0 Å². The van der Waals surface area contributed by atoms with Gasteiger partial charge in [-0.15, -0.1) is 0 Å². The second-order valence-electron chi connectivity index (χ2n) is 8.12. The lowest BCUT2D eigenvalue weighted by Gasteiger charge is -2.34. The minimum Gasteiger partial charge on any atom is -0.381 e. The van der Waals surface area contributed by atoms with Gasteiger partial charge in [0.25, 0.3) is 0 Å². The predicted octanol–water partition coefficient (Wildman–Crippen LogP) is 6.34. The summed E-state index contributed by atoms with van der Waals surface area (Å²) < 4.78 is 0. The standard InChI is InChI=1S/C26H26N2/c1-17-14-18(2)16-20(15-17)27-23-12-13-24-26(21-10-6-7-11-22(21)28-24)25(23)19-8-4-3-5-9-19/h3-11,14-16,23,25,27-28H,12-13H2,1-2H3. The van der Waals surface area contributed by atoms with Crippen LogP contribution in [0.25, 0.3) is 10.9 Å². The van der Waals surface area contributed by atoms with Gasteiger partial charge in [0.1, 0.15) is 0 Å². The molecule has 1 heterocycles. The van der Waals surface area contributed by atoms with Crippen molar-refractivity contribution in [3.63, 3.8) is 0 Å². The van der Waals surface area contributed by atoms with Crippen LogP contribution < -0.4 is 5.32 Å². The molecule has 1 aliphatic rings. The van der Waals surface area contributed by atoms with Crippen LogP contribution in [0.2, 0.25) is 0 Å². The Kier molecular flexibility index (Phi) is 4.20. The Morgan fingerprint density at radius 2 is 1.57 bits per heavy atom. The molecule has 3 aromatic carbocycles. The molecule has 0 fully saturated rings. The predicted molar refractivity (Wildman–Crippen MR) is 118 cm³/mol. The molecule has 28 heavy (non-hydrogen) atoms. The SMILES string of the molecule is Cc1cc(C)cc(NC2CCc3[nH]c4ccccc4c3C2c2ccccc2)c1. The first-order chi connectivity index (χ1) is 13.7. The van der Waals surface area contributed by atoms with Gasteiger partial charge in [-0.2, -0.15) is 0 Å². The summed E-state index contributed by atoms with van der Waals surface area (Å²) in [4.78, 5) is 3.69. The Balaban J connectivity index is 1.63. The third-order valence-electron chi connectivity index (χ3n) is 5.98. The number of aryl methyl sites for hydroxylation is 3.